The van der Waals surface area contributed by atoms with E-state index in [0.29, 0.717) is 0 Å². The van der Waals surface area contributed by atoms with Crippen LogP contribution in [0.1, 0.15) is 24.8 Å². The summed E-state index contributed by atoms with van der Waals surface area (Å²) in [6, 6.07) is 6.65. The zero-order valence-electron chi connectivity index (χ0n) is 11.7. The smallest absolute Gasteiger partial charge is 0.0396 e. The topological polar surface area (TPSA) is 15.3 Å². The SMILES string of the molecule is Cc1cc(Br)ccc1N1CCC(C2CCNC2)CC1. The quantitative estimate of drug-likeness (QED) is 0.895. The molecule has 1 N–H and O–H groups in total. The van der Waals surface area contributed by atoms with Gasteiger partial charge in [-0.3, -0.25) is 0 Å². The second-order valence-corrected chi connectivity index (χ2v) is 6.92. The Kier molecular flexibility index (Phi) is 4.13. The highest BCUT2D eigenvalue weighted by Gasteiger charge is 2.28. The molecule has 2 heterocycles. The van der Waals surface area contributed by atoms with Crippen LogP contribution < -0.4 is 10.2 Å². The maximum absolute atomic E-state index is 3.55. The van der Waals surface area contributed by atoms with E-state index in [1.54, 1.807) is 0 Å². The van der Waals surface area contributed by atoms with Crippen LogP contribution in [0.4, 0.5) is 5.69 Å². The fourth-order valence-electron chi connectivity index (χ4n) is 3.66. The number of hydrogen-bond acceptors (Lipinski definition) is 2. The molecule has 2 nitrogen and oxygen atoms in total. The first kappa shape index (κ1) is 13.4. The zero-order valence-corrected chi connectivity index (χ0v) is 13.2. The fourth-order valence-corrected chi connectivity index (χ4v) is 4.14. The van der Waals surface area contributed by atoms with Crippen LogP contribution in [-0.4, -0.2) is 26.2 Å². The number of rotatable bonds is 2. The molecule has 0 amide bonds. The molecular formula is C16H23BrN2. The fraction of sp³-hybridized carbons (Fsp3) is 0.625. The molecule has 2 aliphatic rings. The summed E-state index contributed by atoms with van der Waals surface area (Å²) in [5.74, 6) is 1.88. The normalized spacial score (nSPS) is 24.9. The van der Waals surface area contributed by atoms with E-state index in [2.05, 4.69) is 51.3 Å². The van der Waals surface area contributed by atoms with Crippen molar-refractivity contribution in [3.05, 3.63) is 28.2 Å². The van der Waals surface area contributed by atoms with Crippen LogP contribution >= 0.6 is 15.9 Å². The van der Waals surface area contributed by atoms with Gasteiger partial charge in [0.15, 0.2) is 0 Å². The minimum atomic E-state index is 0.938. The van der Waals surface area contributed by atoms with Crippen molar-refractivity contribution in [2.45, 2.75) is 26.2 Å². The van der Waals surface area contributed by atoms with Gasteiger partial charge in [0, 0.05) is 23.2 Å². The monoisotopic (exact) mass is 322 g/mol. The van der Waals surface area contributed by atoms with Gasteiger partial charge in [-0.05, 0) is 74.9 Å². The first-order valence-corrected chi connectivity index (χ1v) is 8.25. The molecule has 2 fully saturated rings. The highest BCUT2D eigenvalue weighted by molar-refractivity contribution is 9.10. The maximum atomic E-state index is 3.55. The minimum Gasteiger partial charge on any atom is -0.371 e. The Hall–Kier alpha value is -0.540. The van der Waals surface area contributed by atoms with E-state index in [-0.39, 0.29) is 0 Å². The van der Waals surface area contributed by atoms with Crippen LogP contribution in [0.15, 0.2) is 22.7 Å². The Labute approximate surface area is 124 Å². The molecule has 0 saturated carbocycles. The third kappa shape index (κ3) is 2.97. The molecule has 0 bridgehead atoms. The van der Waals surface area contributed by atoms with Crippen LogP contribution in [0.3, 0.4) is 0 Å². The predicted molar refractivity (Wildman–Crippen MR) is 84.8 cm³/mol. The lowest BCUT2D eigenvalue weighted by molar-refractivity contribution is 0.292. The van der Waals surface area contributed by atoms with E-state index >= 15 is 0 Å². The standard InChI is InChI=1S/C16H23BrN2/c1-12-10-15(17)2-3-16(12)19-8-5-13(6-9-19)14-4-7-18-11-14/h2-3,10,13-14,18H,4-9,11H2,1H3. The minimum absolute atomic E-state index is 0.938. The molecule has 1 aromatic carbocycles. The van der Waals surface area contributed by atoms with Gasteiger partial charge in [-0.25, -0.2) is 0 Å². The van der Waals surface area contributed by atoms with Gasteiger partial charge in [0.2, 0.25) is 0 Å². The molecule has 0 radical (unpaired) electrons. The number of aryl methyl sites for hydroxylation is 1. The number of benzene rings is 1. The van der Waals surface area contributed by atoms with Crippen molar-refractivity contribution in [1.29, 1.82) is 0 Å². The van der Waals surface area contributed by atoms with Crippen molar-refractivity contribution in [1.82, 2.24) is 5.32 Å². The Morgan fingerprint density at radius 2 is 1.95 bits per heavy atom. The van der Waals surface area contributed by atoms with E-state index in [9.17, 15) is 0 Å². The highest BCUT2D eigenvalue weighted by atomic mass is 79.9. The molecule has 1 unspecified atom stereocenters. The summed E-state index contributed by atoms with van der Waals surface area (Å²) < 4.78 is 1.18. The Bertz CT molecular complexity index is 432. The third-order valence-electron chi connectivity index (χ3n) is 4.80. The molecule has 1 atom stereocenters. The number of halogens is 1. The average Bonchev–Trinajstić information content (AvgIpc) is 2.93. The van der Waals surface area contributed by atoms with E-state index < -0.39 is 0 Å². The van der Waals surface area contributed by atoms with Gasteiger partial charge >= 0.3 is 0 Å². The maximum Gasteiger partial charge on any atom is 0.0396 e. The number of nitrogens with zero attached hydrogens (tertiary/aromatic N) is 1. The lowest BCUT2D eigenvalue weighted by Crippen LogP contribution is -2.37. The molecule has 3 rings (SSSR count). The lowest BCUT2D eigenvalue weighted by Gasteiger charge is -2.36. The largest absolute Gasteiger partial charge is 0.371 e. The van der Waals surface area contributed by atoms with Gasteiger partial charge in [-0.15, -0.1) is 0 Å². The van der Waals surface area contributed by atoms with E-state index in [0.717, 1.165) is 11.8 Å². The van der Waals surface area contributed by atoms with E-state index in [1.165, 1.54) is 61.2 Å². The van der Waals surface area contributed by atoms with E-state index in [1.807, 2.05) is 0 Å². The molecule has 0 spiro atoms. The van der Waals surface area contributed by atoms with Gasteiger partial charge in [-0.2, -0.15) is 0 Å². The van der Waals surface area contributed by atoms with Crippen LogP contribution in [-0.2, 0) is 0 Å². The molecule has 0 aliphatic carbocycles. The molecule has 3 heteroatoms. The number of nitrogens with one attached hydrogen (secondary N) is 1. The van der Waals surface area contributed by atoms with Crippen molar-refractivity contribution in [2.75, 3.05) is 31.1 Å². The van der Waals surface area contributed by atoms with Crippen LogP contribution in [0.5, 0.6) is 0 Å². The second-order valence-electron chi connectivity index (χ2n) is 6.01. The summed E-state index contributed by atoms with van der Waals surface area (Å²) in [7, 11) is 0. The van der Waals surface area contributed by atoms with Gasteiger partial charge in [-0.1, -0.05) is 15.9 Å². The van der Waals surface area contributed by atoms with Crippen LogP contribution in [0, 0.1) is 18.8 Å². The molecule has 2 aliphatic heterocycles. The van der Waals surface area contributed by atoms with Gasteiger partial charge in [0.05, 0.1) is 0 Å². The van der Waals surface area contributed by atoms with Gasteiger partial charge < -0.3 is 10.2 Å². The molecule has 1 aromatic rings. The van der Waals surface area contributed by atoms with Gasteiger partial charge in [0.1, 0.15) is 0 Å². The van der Waals surface area contributed by atoms with Crippen LogP contribution in [0.2, 0.25) is 0 Å². The Morgan fingerprint density at radius 1 is 1.16 bits per heavy atom. The summed E-state index contributed by atoms with van der Waals surface area (Å²) >= 11 is 3.55. The van der Waals surface area contributed by atoms with E-state index in [4.69, 9.17) is 0 Å². The average molecular weight is 323 g/mol. The summed E-state index contributed by atoms with van der Waals surface area (Å²) in [6.45, 7) is 7.15. The molecule has 19 heavy (non-hydrogen) atoms. The van der Waals surface area contributed by atoms with Crippen molar-refractivity contribution >= 4 is 21.6 Å². The summed E-state index contributed by atoms with van der Waals surface area (Å²) in [5, 5.41) is 3.51. The van der Waals surface area contributed by atoms with Crippen molar-refractivity contribution in [3.8, 4) is 0 Å². The summed E-state index contributed by atoms with van der Waals surface area (Å²) in [5.41, 5.74) is 2.81. The molecule has 104 valence electrons. The first-order valence-electron chi connectivity index (χ1n) is 7.46. The summed E-state index contributed by atoms with van der Waals surface area (Å²) in [4.78, 5) is 2.57. The number of hydrogen-bond donors (Lipinski definition) is 1. The third-order valence-corrected chi connectivity index (χ3v) is 5.30. The lowest BCUT2D eigenvalue weighted by atomic mass is 9.83. The zero-order chi connectivity index (χ0) is 13.2. The molecule has 0 aromatic heterocycles. The second kappa shape index (κ2) is 5.84. The van der Waals surface area contributed by atoms with Crippen molar-refractivity contribution < 1.29 is 0 Å². The molecule has 2 saturated heterocycles. The number of anilines is 1. The van der Waals surface area contributed by atoms with Crippen molar-refractivity contribution in [2.24, 2.45) is 11.8 Å². The van der Waals surface area contributed by atoms with Crippen LogP contribution in [0.25, 0.3) is 0 Å². The number of piperidine rings is 1. The first-order chi connectivity index (χ1) is 9.24. The summed E-state index contributed by atoms with van der Waals surface area (Å²) in [6.07, 6.45) is 4.12. The van der Waals surface area contributed by atoms with Crippen molar-refractivity contribution in [3.63, 3.8) is 0 Å². The van der Waals surface area contributed by atoms with Gasteiger partial charge in [0.25, 0.3) is 0 Å². The predicted octanol–water partition coefficient (Wildman–Crippen LogP) is 3.58. The Morgan fingerprint density at radius 3 is 2.58 bits per heavy atom. The molecular weight excluding hydrogens is 300 g/mol. The highest BCUT2D eigenvalue weighted by Crippen LogP contribution is 2.32. The Balaban J connectivity index is 1.63.